The topological polar surface area (TPSA) is 60.7 Å². The Kier molecular flexibility index (Phi) is 9.02. The lowest BCUT2D eigenvalue weighted by atomic mass is 9.84. The van der Waals surface area contributed by atoms with Gasteiger partial charge in [-0.3, -0.25) is 0 Å². The number of fused-ring (bicyclic) bond motifs is 3. The van der Waals surface area contributed by atoms with E-state index < -0.39 is 7.94 Å². The average Bonchev–Trinajstić information content (AvgIpc) is 3.28. The van der Waals surface area contributed by atoms with Crippen molar-refractivity contribution in [2.24, 2.45) is 0 Å². The van der Waals surface area contributed by atoms with Crippen molar-refractivity contribution in [2.45, 2.75) is 0 Å². The lowest BCUT2D eigenvalue weighted by Gasteiger charge is -2.22. The molecule has 3 N–H and O–H groups in total. The van der Waals surface area contributed by atoms with Gasteiger partial charge in [0.05, 0.1) is 0 Å². The molecule has 0 bridgehead atoms. The summed E-state index contributed by atoms with van der Waals surface area (Å²) >= 11 is 0. The smallest absolute Gasteiger partial charge is 0.189 e. The van der Waals surface area contributed by atoms with Gasteiger partial charge in [0.1, 0.15) is 0 Å². The first-order valence-corrected chi connectivity index (χ1v) is 21.1. The molecule has 0 saturated heterocycles. The molecule has 0 heterocycles. The van der Waals surface area contributed by atoms with E-state index in [0.717, 1.165) is 88.0 Å². The van der Waals surface area contributed by atoms with E-state index in [1.165, 1.54) is 0 Å². The third kappa shape index (κ3) is 6.57. The molecular weight excluding hydrogens is 728 g/mol. The van der Waals surface area contributed by atoms with Crippen LogP contribution >= 0.6 is 7.94 Å². The zero-order valence-electron chi connectivity index (χ0n) is 31.5. The highest BCUT2D eigenvalue weighted by Gasteiger charge is 2.43. The Morgan fingerprint density at radius 1 is 0.259 bits per heavy atom. The van der Waals surface area contributed by atoms with Crippen LogP contribution in [0.1, 0.15) is 0 Å². The molecule has 0 aliphatic carbocycles. The van der Waals surface area contributed by atoms with Gasteiger partial charge in [-0.2, -0.15) is 14.7 Å². The predicted octanol–water partition coefficient (Wildman–Crippen LogP) is 13.5. The van der Waals surface area contributed by atoms with Crippen molar-refractivity contribution in [3.8, 4) is 66.8 Å². The van der Waals surface area contributed by atoms with E-state index in [-0.39, 0.29) is 5.30 Å². The minimum absolute atomic E-state index is 0.126. The molecule has 0 aliphatic rings. The van der Waals surface area contributed by atoms with Crippen molar-refractivity contribution in [1.29, 1.82) is 0 Å². The first-order valence-electron chi connectivity index (χ1n) is 19.4. The summed E-state index contributed by atoms with van der Waals surface area (Å²) in [6.45, 7) is 0. The normalized spacial score (nSPS) is 11.7. The second kappa shape index (κ2) is 14.7. The Balaban J connectivity index is 1.30. The van der Waals surface area contributed by atoms with E-state index in [1.54, 1.807) is 0 Å². The second-order valence-electron chi connectivity index (χ2n) is 14.8. The van der Waals surface area contributed by atoms with Crippen molar-refractivity contribution >= 4 is 45.6 Å². The van der Waals surface area contributed by atoms with Gasteiger partial charge in [-0.1, -0.05) is 170 Å². The molecule has 4 heteroatoms. The Morgan fingerprint density at radius 3 is 1.16 bits per heavy atom. The highest BCUT2D eigenvalue weighted by atomic mass is 31.2. The van der Waals surface area contributed by atoms with Crippen molar-refractivity contribution in [2.75, 3.05) is 0 Å². The molecular formula is C54H38O3P+. The number of benzene rings is 10. The van der Waals surface area contributed by atoms with Crippen LogP contribution in [0.15, 0.2) is 212 Å². The van der Waals surface area contributed by atoms with Crippen LogP contribution in [0.2, 0.25) is 0 Å². The van der Waals surface area contributed by atoms with Gasteiger partial charge in [0.25, 0.3) is 0 Å². The first kappa shape index (κ1) is 35.7. The van der Waals surface area contributed by atoms with Crippen LogP contribution in [0.25, 0.3) is 99.1 Å². The molecule has 3 nitrogen and oxygen atoms in total. The van der Waals surface area contributed by atoms with Crippen LogP contribution in [-0.4, -0.2) is 14.7 Å². The average molecular weight is 766 g/mol. The number of hydrogen-bond acceptors (Lipinski definition) is 3. The van der Waals surface area contributed by atoms with E-state index in [2.05, 4.69) is 115 Å². The molecule has 0 unspecified atom stereocenters. The second-order valence-corrected chi connectivity index (χ2v) is 16.4. The largest absolute Gasteiger partial charge is 0.442 e. The molecule has 0 amide bonds. The van der Waals surface area contributed by atoms with E-state index in [0.29, 0.717) is 11.1 Å². The zero-order valence-corrected chi connectivity index (χ0v) is 32.4. The van der Waals surface area contributed by atoms with Crippen LogP contribution in [0.4, 0.5) is 0 Å². The molecule has 0 radical (unpaired) electrons. The monoisotopic (exact) mass is 765 g/mol. The SMILES string of the molecule is O[P+](O)(O)c1c(-c2cc3ccc(-c4ccccc4)cc3cc2-c2ccccc2)cc2ccccc2c1-c1cc2ccc(-c3ccccc3)cc2cc1-c1ccccc1. The summed E-state index contributed by atoms with van der Waals surface area (Å²) in [6.07, 6.45) is 0. The van der Waals surface area contributed by atoms with Gasteiger partial charge < -0.3 is 0 Å². The van der Waals surface area contributed by atoms with E-state index in [1.807, 2.05) is 97.1 Å². The molecule has 10 rings (SSSR count). The summed E-state index contributed by atoms with van der Waals surface area (Å²) in [5.74, 6) is 0. The highest BCUT2D eigenvalue weighted by molar-refractivity contribution is 7.67. The molecule has 0 atom stereocenters. The van der Waals surface area contributed by atoms with Gasteiger partial charge in [0.15, 0.2) is 5.30 Å². The van der Waals surface area contributed by atoms with Gasteiger partial charge in [0, 0.05) is 11.1 Å². The fourth-order valence-electron chi connectivity index (χ4n) is 8.48. The maximum atomic E-state index is 11.8. The maximum absolute atomic E-state index is 11.8. The number of rotatable bonds is 7. The zero-order chi connectivity index (χ0) is 39.2. The Bertz CT molecular complexity index is 3120. The van der Waals surface area contributed by atoms with E-state index in [4.69, 9.17) is 0 Å². The molecule has 0 aromatic heterocycles. The highest BCUT2D eigenvalue weighted by Crippen LogP contribution is 2.54. The van der Waals surface area contributed by atoms with Crippen LogP contribution in [-0.2, 0) is 0 Å². The minimum Gasteiger partial charge on any atom is -0.189 e. The lowest BCUT2D eigenvalue weighted by Crippen LogP contribution is -2.17. The van der Waals surface area contributed by atoms with Crippen LogP contribution in [0.5, 0.6) is 0 Å². The van der Waals surface area contributed by atoms with Crippen LogP contribution in [0, 0.1) is 0 Å². The van der Waals surface area contributed by atoms with Gasteiger partial charge in [-0.25, -0.2) is 0 Å². The van der Waals surface area contributed by atoms with Crippen molar-refractivity contribution in [1.82, 2.24) is 0 Å². The summed E-state index contributed by atoms with van der Waals surface area (Å²) < 4.78 is 0. The fraction of sp³-hybridized carbons (Fsp3) is 0. The lowest BCUT2D eigenvalue weighted by molar-refractivity contribution is 0.347. The summed E-state index contributed by atoms with van der Waals surface area (Å²) in [6, 6.07) is 72.7. The number of hydrogen-bond donors (Lipinski definition) is 3. The van der Waals surface area contributed by atoms with E-state index >= 15 is 0 Å². The third-order valence-corrected chi connectivity index (χ3v) is 12.3. The van der Waals surface area contributed by atoms with Crippen molar-refractivity contribution < 1.29 is 14.7 Å². The molecule has 0 spiro atoms. The first-order chi connectivity index (χ1) is 28.4. The molecule has 0 saturated carbocycles. The van der Waals surface area contributed by atoms with E-state index in [9.17, 15) is 14.7 Å². The van der Waals surface area contributed by atoms with Gasteiger partial charge >= 0.3 is 7.94 Å². The van der Waals surface area contributed by atoms with Crippen molar-refractivity contribution in [3.63, 3.8) is 0 Å². The summed E-state index contributed by atoms with van der Waals surface area (Å²) in [7, 11) is -4.72. The van der Waals surface area contributed by atoms with Crippen LogP contribution < -0.4 is 5.30 Å². The Hall–Kier alpha value is -6.71. The maximum Gasteiger partial charge on any atom is 0.442 e. The Morgan fingerprint density at radius 2 is 0.655 bits per heavy atom. The predicted molar refractivity (Wildman–Crippen MR) is 245 cm³/mol. The molecule has 10 aromatic carbocycles. The van der Waals surface area contributed by atoms with Crippen molar-refractivity contribution in [3.05, 3.63) is 212 Å². The summed E-state index contributed by atoms with van der Waals surface area (Å²) in [4.78, 5) is 35.5. The van der Waals surface area contributed by atoms with Gasteiger partial charge in [-0.05, 0) is 130 Å². The fourth-order valence-corrected chi connectivity index (χ4v) is 9.53. The minimum atomic E-state index is -4.72. The Labute approximate surface area is 338 Å². The molecule has 58 heavy (non-hydrogen) atoms. The standard InChI is InChI=1S/C54H38O3P/c55-58(56,57)54-52(50-31-42-27-25-40(36-15-5-1-6-16-36)29-45(42)34-48(50)38-19-9-3-10-20-38)33-44-23-13-14-24-47(44)53(54)51-32-43-28-26-41(37-17-7-2-8-18-37)30-46(43)35-49(51)39-21-11-4-12-22-39/h1-35,55-57H/q+1. The quantitative estimate of drug-likeness (QED) is 0.142. The van der Waals surface area contributed by atoms with Gasteiger partial charge in [-0.15, -0.1) is 0 Å². The molecule has 276 valence electrons. The molecule has 0 fully saturated rings. The van der Waals surface area contributed by atoms with Crippen LogP contribution in [0.3, 0.4) is 0 Å². The van der Waals surface area contributed by atoms with Gasteiger partial charge in [0.2, 0.25) is 0 Å². The summed E-state index contributed by atoms with van der Waals surface area (Å²) in [5, 5.41) is 5.97. The molecule has 10 aromatic rings. The third-order valence-electron chi connectivity index (χ3n) is 11.2. The molecule has 0 aliphatic heterocycles. The summed E-state index contributed by atoms with van der Waals surface area (Å²) in [5.41, 5.74) is 11.1.